The van der Waals surface area contributed by atoms with Crippen molar-refractivity contribution < 1.29 is 9.46 Å². The highest BCUT2D eigenvalue weighted by atomic mass is 35.5. The molecule has 0 amide bonds. The van der Waals surface area contributed by atoms with Gasteiger partial charge in [0, 0.05) is 12.3 Å². The molecule has 0 spiro atoms. The van der Waals surface area contributed by atoms with Gasteiger partial charge in [-0.15, -0.1) is 12.4 Å². The molecule has 0 rings (SSSR count). The van der Waals surface area contributed by atoms with Crippen LogP contribution in [0.25, 0.3) is 0 Å². The van der Waals surface area contributed by atoms with Crippen LogP contribution in [0.2, 0.25) is 0 Å². The van der Waals surface area contributed by atoms with Gasteiger partial charge in [-0.25, -0.2) is 0 Å². The van der Waals surface area contributed by atoms with Gasteiger partial charge in [0.25, 0.3) is 0 Å². The first-order valence-electron chi connectivity index (χ1n) is 3.13. The van der Waals surface area contributed by atoms with Crippen molar-refractivity contribution in [3.63, 3.8) is 0 Å². The second-order valence-corrected chi connectivity index (χ2v) is 4.80. The molecule has 0 saturated carbocycles. The lowest BCUT2D eigenvalue weighted by molar-refractivity contribution is 0.477. The summed E-state index contributed by atoms with van der Waals surface area (Å²) in [5.41, 5.74) is 5.16. The van der Waals surface area contributed by atoms with Crippen molar-refractivity contribution in [3.8, 4) is 0 Å². The van der Waals surface area contributed by atoms with Crippen LogP contribution in [0.4, 0.5) is 0 Å². The Hall–Kier alpha value is 0.440. The van der Waals surface area contributed by atoms with Gasteiger partial charge < -0.3 is 10.6 Å². The number of hydrogen-bond donors (Lipinski definition) is 2. The van der Waals surface area contributed by atoms with Crippen molar-refractivity contribution in [3.05, 3.63) is 0 Å². The van der Waals surface area contributed by atoms with Gasteiger partial charge in [-0.1, -0.05) is 6.92 Å². The zero-order valence-electron chi connectivity index (χ0n) is 6.12. The zero-order valence-corrected chi connectivity index (χ0v) is 7.83. The van der Waals surface area contributed by atoms with Crippen LogP contribution in [-0.4, -0.2) is 23.8 Å². The molecule has 0 aliphatic rings. The van der Waals surface area contributed by atoms with Gasteiger partial charge in [-0.05, 0) is 13.0 Å². The maximum atomic E-state index is 10.8. The molecule has 0 radical (unpaired) electrons. The average Bonchev–Trinajstić information content (AvgIpc) is 1.84. The predicted molar refractivity (Wildman–Crippen MR) is 46.2 cm³/mol. The second-order valence-electron chi connectivity index (χ2n) is 2.03. The summed E-state index contributed by atoms with van der Waals surface area (Å²) in [6.07, 6.45) is 1.40. The summed E-state index contributed by atoms with van der Waals surface area (Å²) in [5.74, 6) is 0. The van der Waals surface area contributed by atoms with Gasteiger partial charge in [0.1, 0.15) is 0 Å². The van der Waals surface area contributed by atoms with E-state index in [-0.39, 0.29) is 12.4 Å². The summed E-state index contributed by atoms with van der Waals surface area (Å²) in [6.45, 7) is 2.22. The Labute approximate surface area is 67.9 Å². The third-order valence-electron chi connectivity index (χ3n) is 1.21. The fourth-order valence-corrected chi connectivity index (χ4v) is 1.49. The minimum atomic E-state index is -2.77. The average molecular weight is 188 g/mol. The molecule has 1 unspecified atom stereocenters. The Morgan fingerprint density at radius 2 is 2.10 bits per heavy atom. The zero-order chi connectivity index (χ0) is 7.33. The predicted octanol–water partition coefficient (Wildman–Crippen LogP) is 1.05. The van der Waals surface area contributed by atoms with Crippen molar-refractivity contribution in [2.24, 2.45) is 5.73 Å². The Kier molecular flexibility index (Phi) is 8.06. The smallest absolute Gasteiger partial charge is 0.200 e. The van der Waals surface area contributed by atoms with Gasteiger partial charge in [-0.3, -0.25) is 4.57 Å². The molecule has 3 nitrogen and oxygen atoms in total. The van der Waals surface area contributed by atoms with Gasteiger partial charge >= 0.3 is 0 Å². The molecule has 5 heteroatoms. The van der Waals surface area contributed by atoms with Crippen LogP contribution in [0.15, 0.2) is 0 Å². The molecule has 3 N–H and O–H groups in total. The molecule has 0 bridgehead atoms. The normalized spacial score (nSPS) is 15.5. The molecule has 0 aromatic carbocycles. The first kappa shape index (κ1) is 13.1. The Morgan fingerprint density at radius 1 is 1.60 bits per heavy atom. The molecule has 0 fully saturated rings. The summed E-state index contributed by atoms with van der Waals surface area (Å²) in [4.78, 5) is 8.95. The topological polar surface area (TPSA) is 63.3 Å². The van der Waals surface area contributed by atoms with E-state index < -0.39 is 7.37 Å². The lowest BCUT2D eigenvalue weighted by Gasteiger charge is -2.05. The molecule has 10 heavy (non-hydrogen) atoms. The van der Waals surface area contributed by atoms with Gasteiger partial charge in [0.2, 0.25) is 0 Å². The van der Waals surface area contributed by atoms with Gasteiger partial charge in [0.15, 0.2) is 7.37 Å². The van der Waals surface area contributed by atoms with E-state index in [2.05, 4.69) is 0 Å². The third-order valence-corrected chi connectivity index (χ3v) is 3.21. The summed E-state index contributed by atoms with van der Waals surface area (Å²) in [7, 11) is -2.77. The van der Waals surface area contributed by atoms with Crippen molar-refractivity contribution in [2.45, 2.75) is 13.3 Å². The van der Waals surface area contributed by atoms with E-state index >= 15 is 0 Å². The SMILES string of the molecule is CCP(=O)(O)CCCN.Cl. The highest BCUT2D eigenvalue weighted by Gasteiger charge is 2.12. The van der Waals surface area contributed by atoms with Crippen LogP contribution < -0.4 is 5.73 Å². The fraction of sp³-hybridized carbons (Fsp3) is 1.00. The minimum absolute atomic E-state index is 0. The van der Waals surface area contributed by atoms with E-state index in [0.29, 0.717) is 25.3 Å². The molecular formula is C5H15ClNO2P. The molecule has 0 saturated heterocycles. The Bertz CT molecular complexity index is 120. The first-order valence-corrected chi connectivity index (χ1v) is 5.16. The van der Waals surface area contributed by atoms with Crippen LogP contribution in [0.3, 0.4) is 0 Å². The molecule has 0 aliphatic heterocycles. The molecule has 0 aromatic rings. The molecule has 1 atom stereocenters. The molecule has 0 heterocycles. The van der Waals surface area contributed by atoms with Crippen molar-refractivity contribution in [1.29, 1.82) is 0 Å². The van der Waals surface area contributed by atoms with Gasteiger partial charge in [0.05, 0.1) is 0 Å². The number of halogens is 1. The van der Waals surface area contributed by atoms with Crippen LogP contribution in [0.5, 0.6) is 0 Å². The fourth-order valence-electron chi connectivity index (χ4n) is 0.496. The van der Waals surface area contributed by atoms with Gasteiger partial charge in [-0.2, -0.15) is 0 Å². The van der Waals surface area contributed by atoms with Crippen LogP contribution >= 0.6 is 19.8 Å². The van der Waals surface area contributed by atoms with Crippen molar-refractivity contribution in [2.75, 3.05) is 18.9 Å². The number of rotatable bonds is 4. The van der Waals surface area contributed by atoms with E-state index in [1.807, 2.05) is 0 Å². The lowest BCUT2D eigenvalue weighted by Crippen LogP contribution is -2.02. The summed E-state index contributed by atoms with van der Waals surface area (Å²) in [6, 6.07) is 0. The van der Waals surface area contributed by atoms with E-state index in [9.17, 15) is 4.57 Å². The monoisotopic (exact) mass is 187 g/mol. The molecule has 0 aliphatic carbocycles. The van der Waals surface area contributed by atoms with E-state index in [1.165, 1.54) is 0 Å². The molecular weight excluding hydrogens is 172 g/mol. The lowest BCUT2D eigenvalue weighted by atomic mass is 10.5. The summed E-state index contributed by atoms with van der Waals surface area (Å²) in [5, 5.41) is 0. The standard InChI is InChI=1S/C5H14NO2P.ClH/c1-2-9(7,8)5-3-4-6;/h2-6H2,1H3,(H,7,8);1H. The molecule has 0 aromatic heterocycles. The maximum absolute atomic E-state index is 10.8. The number of hydrogen-bond acceptors (Lipinski definition) is 2. The van der Waals surface area contributed by atoms with Crippen molar-refractivity contribution in [1.82, 2.24) is 0 Å². The maximum Gasteiger partial charge on any atom is 0.200 e. The third kappa shape index (κ3) is 6.56. The first-order chi connectivity index (χ1) is 4.12. The minimum Gasteiger partial charge on any atom is -0.344 e. The van der Waals surface area contributed by atoms with Crippen LogP contribution in [0, 0.1) is 0 Å². The highest BCUT2D eigenvalue weighted by molar-refractivity contribution is 7.57. The van der Waals surface area contributed by atoms with E-state index in [0.717, 1.165) is 0 Å². The number of nitrogens with two attached hydrogens (primary N) is 1. The second kappa shape index (κ2) is 6.17. The quantitative estimate of drug-likeness (QED) is 0.647. The largest absolute Gasteiger partial charge is 0.344 e. The van der Waals surface area contributed by atoms with Crippen molar-refractivity contribution >= 4 is 19.8 Å². The van der Waals surface area contributed by atoms with E-state index in [1.54, 1.807) is 6.92 Å². The molecule has 64 valence electrons. The summed E-state index contributed by atoms with van der Waals surface area (Å²) < 4.78 is 10.8. The van der Waals surface area contributed by atoms with Crippen LogP contribution in [0.1, 0.15) is 13.3 Å². The highest BCUT2D eigenvalue weighted by Crippen LogP contribution is 2.39. The summed E-state index contributed by atoms with van der Waals surface area (Å²) >= 11 is 0. The Morgan fingerprint density at radius 3 is 2.40 bits per heavy atom. The van der Waals surface area contributed by atoms with E-state index in [4.69, 9.17) is 10.6 Å². The Balaban J connectivity index is 0. The van der Waals surface area contributed by atoms with Crippen LogP contribution in [-0.2, 0) is 4.57 Å².